The first kappa shape index (κ1) is 14.4. The fourth-order valence-corrected chi connectivity index (χ4v) is 1.63. The van der Waals surface area contributed by atoms with Crippen molar-refractivity contribution in [2.75, 3.05) is 12.3 Å². The topological polar surface area (TPSA) is 75.4 Å². The first-order valence-corrected chi connectivity index (χ1v) is 5.93. The summed E-state index contributed by atoms with van der Waals surface area (Å²) in [4.78, 5) is 11.8. The van der Waals surface area contributed by atoms with E-state index in [1.807, 2.05) is 0 Å². The lowest BCUT2D eigenvalue weighted by molar-refractivity contribution is 0.0949. The molecule has 1 rings (SSSR count). The summed E-state index contributed by atoms with van der Waals surface area (Å²) in [7, 11) is 0. The van der Waals surface area contributed by atoms with Crippen molar-refractivity contribution in [3.63, 3.8) is 0 Å². The van der Waals surface area contributed by atoms with Crippen LogP contribution in [0.15, 0.2) is 12.1 Å². The van der Waals surface area contributed by atoms with Crippen LogP contribution in [0.3, 0.4) is 0 Å². The van der Waals surface area contributed by atoms with Crippen LogP contribution in [0.25, 0.3) is 0 Å². The summed E-state index contributed by atoms with van der Waals surface area (Å²) in [6, 6.07) is 2.59. The molecule has 4 N–H and O–H groups in total. The van der Waals surface area contributed by atoms with Gasteiger partial charge in [-0.25, -0.2) is 4.39 Å². The quantitative estimate of drug-likeness (QED) is 0.552. The Kier molecular flexibility index (Phi) is 5.09. The number of halogens is 1. The average Bonchev–Trinajstić information content (AvgIpc) is 2.28. The van der Waals surface area contributed by atoms with Gasteiger partial charge in [0.2, 0.25) is 0 Å². The van der Waals surface area contributed by atoms with E-state index >= 15 is 0 Å². The van der Waals surface area contributed by atoms with Gasteiger partial charge in [-0.3, -0.25) is 4.79 Å². The molecule has 18 heavy (non-hydrogen) atoms. The average molecular weight is 254 g/mol. The van der Waals surface area contributed by atoms with Gasteiger partial charge in [-0.05, 0) is 44.4 Å². The predicted molar refractivity (Wildman–Crippen MR) is 68.8 cm³/mol. The largest absolute Gasteiger partial charge is 0.396 e. The zero-order chi connectivity index (χ0) is 13.7. The van der Waals surface area contributed by atoms with Crippen molar-refractivity contribution in [2.45, 2.75) is 32.8 Å². The zero-order valence-electron chi connectivity index (χ0n) is 10.7. The lowest BCUT2D eigenvalue weighted by Gasteiger charge is -2.09. The van der Waals surface area contributed by atoms with Crippen molar-refractivity contribution in [3.05, 3.63) is 29.1 Å². The van der Waals surface area contributed by atoms with Gasteiger partial charge in [-0.15, -0.1) is 0 Å². The molecule has 0 radical (unpaired) electrons. The standard InChI is InChI=1S/C13H19FN2O2/c1-8-6-11(14)12(15)7-10(8)13(18)16-5-3-4-9(2)17/h6-7,9,17H,3-5,15H2,1-2H3,(H,16,18). The molecule has 0 aliphatic rings. The molecule has 5 heteroatoms. The van der Waals surface area contributed by atoms with Gasteiger partial charge >= 0.3 is 0 Å². The van der Waals surface area contributed by atoms with Gasteiger partial charge < -0.3 is 16.2 Å². The van der Waals surface area contributed by atoms with E-state index in [-0.39, 0.29) is 17.7 Å². The first-order valence-electron chi connectivity index (χ1n) is 5.93. The normalized spacial score (nSPS) is 12.2. The molecule has 100 valence electrons. The Morgan fingerprint density at radius 1 is 1.56 bits per heavy atom. The molecule has 0 fully saturated rings. The molecule has 0 heterocycles. The minimum Gasteiger partial charge on any atom is -0.396 e. The number of carbonyl (C=O) groups excluding carboxylic acids is 1. The zero-order valence-corrected chi connectivity index (χ0v) is 10.7. The van der Waals surface area contributed by atoms with Gasteiger partial charge in [0.25, 0.3) is 5.91 Å². The number of aryl methyl sites for hydroxylation is 1. The van der Waals surface area contributed by atoms with Gasteiger partial charge in [0.05, 0.1) is 11.8 Å². The molecule has 0 saturated carbocycles. The maximum Gasteiger partial charge on any atom is 0.251 e. The lowest BCUT2D eigenvalue weighted by Crippen LogP contribution is -2.26. The second-order valence-electron chi connectivity index (χ2n) is 4.44. The van der Waals surface area contributed by atoms with Crippen molar-refractivity contribution in [1.82, 2.24) is 5.32 Å². The van der Waals surface area contributed by atoms with Crippen molar-refractivity contribution in [2.24, 2.45) is 0 Å². The fraction of sp³-hybridized carbons (Fsp3) is 0.462. The van der Waals surface area contributed by atoms with E-state index in [1.54, 1.807) is 13.8 Å². The van der Waals surface area contributed by atoms with Crippen molar-refractivity contribution in [1.29, 1.82) is 0 Å². The summed E-state index contributed by atoms with van der Waals surface area (Å²) in [5.41, 5.74) is 6.33. The highest BCUT2D eigenvalue weighted by molar-refractivity contribution is 5.96. The monoisotopic (exact) mass is 254 g/mol. The summed E-state index contributed by atoms with van der Waals surface area (Å²) in [6.45, 7) is 3.83. The van der Waals surface area contributed by atoms with Gasteiger partial charge in [-0.1, -0.05) is 0 Å². The maximum absolute atomic E-state index is 13.1. The van der Waals surface area contributed by atoms with E-state index in [2.05, 4.69) is 5.32 Å². The Balaban J connectivity index is 2.59. The number of carbonyl (C=O) groups is 1. The molecule has 1 unspecified atom stereocenters. The molecular formula is C13H19FN2O2. The summed E-state index contributed by atoms with van der Waals surface area (Å²) >= 11 is 0. The number of nitrogens with two attached hydrogens (primary N) is 1. The molecule has 0 aromatic heterocycles. The highest BCUT2D eigenvalue weighted by atomic mass is 19.1. The van der Waals surface area contributed by atoms with Crippen LogP contribution >= 0.6 is 0 Å². The third kappa shape index (κ3) is 4.00. The van der Waals surface area contributed by atoms with Crippen LogP contribution in [-0.4, -0.2) is 23.7 Å². The minimum atomic E-state index is -0.516. The number of benzene rings is 1. The predicted octanol–water partition coefficient (Wildman–Crippen LogP) is 1.61. The van der Waals surface area contributed by atoms with Crippen LogP contribution in [0.4, 0.5) is 10.1 Å². The number of amides is 1. The van der Waals surface area contributed by atoms with Crippen LogP contribution in [0, 0.1) is 12.7 Å². The number of hydrogen-bond donors (Lipinski definition) is 3. The van der Waals surface area contributed by atoms with E-state index in [9.17, 15) is 9.18 Å². The molecule has 1 amide bonds. The summed E-state index contributed by atoms with van der Waals surface area (Å²) in [5, 5.41) is 11.8. The van der Waals surface area contributed by atoms with Crippen LogP contribution < -0.4 is 11.1 Å². The molecule has 0 aliphatic heterocycles. The van der Waals surface area contributed by atoms with Crippen molar-refractivity contribution >= 4 is 11.6 Å². The number of rotatable bonds is 5. The highest BCUT2D eigenvalue weighted by Gasteiger charge is 2.11. The van der Waals surface area contributed by atoms with Gasteiger partial charge in [-0.2, -0.15) is 0 Å². The molecule has 0 aliphatic carbocycles. The first-order chi connectivity index (χ1) is 8.41. The van der Waals surface area contributed by atoms with Gasteiger partial charge in [0.1, 0.15) is 5.82 Å². The van der Waals surface area contributed by atoms with Crippen LogP contribution in [-0.2, 0) is 0 Å². The SMILES string of the molecule is Cc1cc(F)c(N)cc1C(=O)NCCCC(C)O. The number of nitrogens with one attached hydrogen (secondary N) is 1. The molecule has 0 spiro atoms. The number of anilines is 1. The van der Waals surface area contributed by atoms with Crippen molar-refractivity contribution < 1.29 is 14.3 Å². The molecule has 1 atom stereocenters. The second kappa shape index (κ2) is 6.35. The third-order valence-electron chi connectivity index (χ3n) is 2.67. The molecule has 1 aromatic carbocycles. The molecule has 1 aromatic rings. The Morgan fingerprint density at radius 3 is 2.83 bits per heavy atom. The number of hydrogen-bond acceptors (Lipinski definition) is 3. The Labute approximate surface area is 106 Å². The van der Waals surface area contributed by atoms with E-state index in [4.69, 9.17) is 10.8 Å². The van der Waals surface area contributed by atoms with Crippen LogP contribution in [0.1, 0.15) is 35.7 Å². The Bertz CT molecular complexity index is 433. The number of nitrogen functional groups attached to an aromatic ring is 1. The minimum absolute atomic E-state index is 0.0327. The molecule has 0 bridgehead atoms. The van der Waals surface area contributed by atoms with Crippen molar-refractivity contribution in [3.8, 4) is 0 Å². The van der Waals surface area contributed by atoms with Crippen LogP contribution in [0.2, 0.25) is 0 Å². The summed E-state index contributed by atoms with van der Waals surface area (Å²) < 4.78 is 13.1. The highest BCUT2D eigenvalue weighted by Crippen LogP contribution is 2.17. The third-order valence-corrected chi connectivity index (χ3v) is 2.67. The number of aliphatic hydroxyl groups is 1. The second-order valence-corrected chi connectivity index (χ2v) is 4.44. The molecule has 0 saturated heterocycles. The van der Waals surface area contributed by atoms with E-state index in [0.717, 1.165) is 0 Å². The van der Waals surface area contributed by atoms with Gasteiger partial charge in [0, 0.05) is 12.1 Å². The maximum atomic E-state index is 13.1. The molecule has 4 nitrogen and oxygen atoms in total. The fourth-order valence-electron chi connectivity index (χ4n) is 1.63. The molecular weight excluding hydrogens is 235 g/mol. The lowest BCUT2D eigenvalue weighted by atomic mass is 10.1. The Hall–Kier alpha value is -1.62. The van der Waals surface area contributed by atoms with Crippen LogP contribution in [0.5, 0.6) is 0 Å². The Morgan fingerprint density at radius 2 is 2.22 bits per heavy atom. The van der Waals surface area contributed by atoms with E-state index in [0.29, 0.717) is 30.5 Å². The smallest absolute Gasteiger partial charge is 0.251 e. The van der Waals surface area contributed by atoms with E-state index in [1.165, 1.54) is 12.1 Å². The number of aliphatic hydroxyl groups excluding tert-OH is 1. The summed E-state index contributed by atoms with van der Waals surface area (Å²) in [5.74, 6) is -0.789. The van der Waals surface area contributed by atoms with Gasteiger partial charge in [0.15, 0.2) is 0 Å². The summed E-state index contributed by atoms with van der Waals surface area (Å²) in [6.07, 6.45) is 0.953. The van der Waals surface area contributed by atoms with E-state index < -0.39 is 5.82 Å².